The number of nitrogens with zero attached hydrogens (tertiary/aromatic N) is 4. The summed E-state index contributed by atoms with van der Waals surface area (Å²) in [5.74, 6) is 0. The highest BCUT2D eigenvalue weighted by Crippen LogP contribution is 2.23. The maximum atomic E-state index is 6.06. The van der Waals surface area contributed by atoms with E-state index < -0.39 is 0 Å². The van der Waals surface area contributed by atoms with E-state index in [0.717, 1.165) is 45.0 Å². The molecule has 2 heterocycles. The van der Waals surface area contributed by atoms with Crippen LogP contribution in [0.15, 0.2) is 43.0 Å². The molecule has 1 aliphatic heterocycles. The van der Waals surface area contributed by atoms with E-state index in [-0.39, 0.29) is 12.4 Å². The van der Waals surface area contributed by atoms with Gasteiger partial charge in [-0.3, -0.25) is 4.90 Å². The number of aromatic nitrogens is 2. The van der Waals surface area contributed by atoms with Gasteiger partial charge in [-0.2, -0.15) is 0 Å². The summed E-state index contributed by atoms with van der Waals surface area (Å²) in [5, 5.41) is 0. The summed E-state index contributed by atoms with van der Waals surface area (Å²) in [7, 11) is 2.06. The van der Waals surface area contributed by atoms with Gasteiger partial charge < -0.3 is 23.0 Å². The van der Waals surface area contributed by atoms with Crippen molar-refractivity contribution < 1.29 is 17.0 Å². The number of hydrogen-bond acceptors (Lipinski definition) is 3. The lowest BCUT2D eigenvalue weighted by atomic mass is 10.2. The van der Waals surface area contributed by atoms with E-state index in [1.54, 1.807) is 0 Å². The standard InChI is InChI=1S/C16H24N5.ClH/c1-18-6-7-20(14-18)9-8-19-10-12-21(13-11-19)16-5-3-2-4-15(16)17;/h2-7,14H,8-13,17H2,1H3;1H/q+1;/p-1. The smallest absolute Gasteiger partial charge is 0.243 e. The average molecular weight is 322 g/mol. The summed E-state index contributed by atoms with van der Waals surface area (Å²) in [6, 6.07) is 8.15. The molecule has 0 bridgehead atoms. The number of rotatable bonds is 4. The molecule has 1 aliphatic rings. The van der Waals surface area contributed by atoms with Crippen LogP contribution in [0.5, 0.6) is 0 Å². The fraction of sp³-hybridized carbons (Fsp3) is 0.438. The molecular weight excluding hydrogens is 298 g/mol. The zero-order valence-electron chi connectivity index (χ0n) is 13.0. The first kappa shape index (κ1) is 16.6. The van der Waals surface area contributed by atoms with E-state index in [1.165, 1.54) is 5.69 Å². The van der Waals surface area contributed by atoms with Crippen molar-refractivity contribution in [2.24, 2.45) is 7.05 Å². The summed E-state index contributed by atoms with van der Waals surface area (Å²) >= 11 is 0. The summed E-state index contributed by atoms with van der Waals surface area (Å²) in [5.41, 5.74) is 8.12. The number of imidazole rings is 1. The second kappa shape index (κ2) is 7.51. The summed E-state index contributed by atoms with van der Waals surface area (Å²) < 4.78 is 4.32. The minimum absolute atomic E-state index is 0. The maximum Gasteiger partial charge on any atom is 0.243 e. The molecule has 6 heteroatoms. The van der Waals surface area contributed by atoms with Gasteiger partial charge in [-0.25, -0.2) is 9.13 Å². The van der Waals surface area contributed by atoms with Gasteiger partial charge >= 0.3 is 0 Å². The fourth-order valence-corrected chi connectivity index (χ4v) is 2.88. The number of piperazine rings is 1. The molecule has 0 unspecified atom stereocenters. The highest BCUT2D eigenvalue weighted by Gasteiger charge is 2.18. The fourth-order valence-electron chi connectivity index (χ4n) is 2.88. The third-order valence-corrected chi connectivity index (χ3v) is 4.15. The number of hydrogen-bond donors (Lipinski definition) is 1. The molecule has 120 valence electrons. The summed E-state index contributed by atoms with van der Waals surface area (Å²) in [6.07, 6.45) is 6.33. The molecule has 0 saturated carbocycles. The molecule has 0 aliphatic carbocycles. The molecule has 3 rings (SSSR count). The van der Waals surface area contributed by atoms with Gasteiger partial charge in [-0.05, 0) is 12.1 Å². The molecule has 0 amide bonds. The summed E-state index contributed by atoms with van der Waals surface area (Å²) in [6.45, 7) is 6.45. The van der Waals surface area contributed by atoms with E-state index in [4.69, 9.17) is 5.73 Å². The monoisotopic (exact) mass is 321 g/mol. The van der Waals surface area contributed by atoms with Crippen LogP contribution in [0.3, 0.4) is 0 Å². The lowest BCUT2D eigenvalue weighted by molar-refractivity contribution is -0.671. The van der Waals surface area contributed by atoms with Gasteiger partial charge in [0.1, 0.15) is 18.9 Å². The molecule has 0 spiro atoms. The van der Waals surface area contributed by atoms with Crippen molar-refractivity contribution in [3.05, 3.63) is 43.0 Å². The van der Waals surface area contributed by atoms with Crippen molar-refractivity contribution in [3.8, 4) is 0 Å². The number of anilines is 2. The number of para-hydroxylation sites is 2. The van der Waals surface area contributed by atoms with Crippen LogP contribution >= 0.6 is 0 Å². The van der Waals surface area contributed by atoms with Crippen LogP contribution in [-0.4, -0.2) is 42.2 Å². The van der Waals surface area contributed by atoms with E-state index in [9.17, 15) is 0 Å². The molecule has 1 saturated heterocycles. The minimum atomic E-state index is 0. The first-order valence-corrected chi connectivity index (χ1v) is 7.55. The highest BCUT2D eigenvalue weighted by molar-refractivity contribution is 5.67. The second-order valence-corrected chi connectivity index (χ2v) is 5.70. The van der Waals surface area contributed by atoms with Crippen LogP contribution in [0.4, 0.5) is 11.4 Å². The number of nitrogen functional groups attached to an aromatic ring is 1. The van der Waals surface area contributed by atoms with Gasteiger partial charge in [-0.1, -0.05) is 12.1 Å². The Hall–Kier alpha value is -1.72. The molecular formula is C16H24ClN5. The zero-order chi connectivity index (χ0) is 14.7. The van der Waals surface area contributed by atoms with Crippen molar-refractivity contribution in [2.75, 3.05) is 43.4 Å². The third kappa shape index (κ3) is 3.93. The first-order valence-electron chi connectivity index (χ1n) is 7.55. The van der Waals surface area contributed by atoms with E-state index in [1.807, 2.05) is 12.1 Å². The molecule has 1 aromatic heterocycles. The Morgan fingerprint density at radius 2 is 1.82 bits per heavy atom. The SMILES string of the molecule is C[n+]1ccn(CCN2CCN(c3ccccc3N)CC2)c1.[Cl-]. The molecule has 1 aromatic carbocycles. The predicted molar refractivity (Wildman–Crippen MR) is 85.1 cm³/mol. The molecule has 5 nitrogen and oxygen atoms in total. The first-order chi connectivity index (χ1) is 10.2. The van der Waals surface area contributed by atoms with Gasteiger partial charge in [0.25, 0.3) is 0 Å². The van der Waals surface area contributed by atoms with Crippen LogP contribution in [0.2, 0.25) is 0 Å². The van der Waals surface area contributed by atoms with Crippen molar-refractivity contribution in [1.29, 1.82) is 0 Å². The number of aryl methyl sites for hydroxylation is 1. The van der Waals surface area contributed by atoms with Crippen LogP contribution in [0.1, 0.15) is 0 Å². The molecule has 2 N–H and O–H groups in total. The Kier molecular flexibility index (Phi) is 5.69. The third-order valence-electron chi connectivity index (χ3n) is 4.15. The second-order valence-electron chi connectivity index (χ2n) is 5.70. The van der Waals surface area contributed by atoms with Crippen molar-refractivity contribution in [1.82, 2.24) is 9.47 Å². The van der Waals surface area contributed by atoms with Gasteiger partial charge in [-0.15, -0.1) is 0 Å². The Bertz CT molecular complexity index is 590. The van der Waals surface area contributed by atoms with Gasteiger partial charge in [0.2, 0.25) is 6.33 Å². The lowest BCUT2D eigenvalue weighted by Crippen LogP contribution is -3.00. The van der Waals surface area contributed by atoms with Gasteiger partial charge in [0, 0.05) is 32.7 Å². The topological polar surface area (TPSA) is 41.3 Å². The maximum absolute atomic E-state index is 6.06. The van der Waals surface area contributed by atoms with Gasteiger partial charge in [0.05, 0.1) is 18.4 Å². The van der Waals surface area contributed by atoms with Crippen molar-refractivity contribution >= 4 is 11.4 Å². The zero-order valence-corrected chi connectivity index (χ0v) is 13.8. The lowest BCUT2D eigenvalue weighted by Gasteiger charge is -2.36. The molecule has 1 fully saturated rings. The largest absolute Gasteiger partial charge is 1.00 e. The quantitative estimate of drug-likeness (QED) is 0.510. The Morgan fingerprint density at radius 1 is 1.09 bits per heavy atom. The Balaban J connectivity index is 0.00000176. The molecule has 2 aromatic rings. The van der Waals surface area contributed by atoms with Crippen LogP contribution in [-0.2, 0) is 13.6 Å². The predicted octanol–water partition coefficient (Wildman–Crippen LogP) is -2.28. The number of benzene rings is 1. The minimum Gasteiger partial charge on any atom is -1.00 e. The number of halogens is 1. The van der Waals surface area contributed by atoms with E-state index in [0.29, 0.717) is 0 Å². The van der Waals surface area contributed by atoms with Gasteiger partial charge in [0.15, 0.2) is 0 Å². The van der Waals surface area contributed by atoms with Crippen molar-refractivity contribution in [2.45, 2.75) is 6.54 Å². The highest BCUT2D eigenvalue weighted by atomic mass is 35.5. The van der Waals surface area contributed by atoms with Crippen LogP contribution < -0.4 is 27.6 Å². The molecule has 0 radical (unpaired) electrons. The summed E-state index contributed by atoms with van der Waals surface area (Å²) in [4.78, 5) is 4.91. The normalized spacial score (nSPS) is 15.6. The van der Waals surface area contributed by atoms with Crippen LogP contribution in [0.25, 0.3) is 0 Å². The Labute approximate surface area is 138 Å². The average Bonchev–Trinajstić information content (AvgIpc) is 2.92. The van der Waals surface area contributed by atoms with E-state index in [2.05, 4.69) is 56.8 Å². The number of nitrogens with two attached hydrogens (primary N) is 1. The van der Waals surface area contributed by atoms with E-state index >= 15 is 0 Å². The molecule has 22 heavy (non-hydrogen) atoms. The van der Waals surface area contributed by atoms with Crippen molar-refractivity contribution in [3.63, 3.8) is 0 Å². The Morgan fingerprint density at radius 3 is 2.45 bits per heavy atom. The van der Waals surface area contributed by atoms with Crippen LogP contribution in [0, 0.1) is 0 Å². The molecule has 0 atom stereocenters.